The van der Waals surface area contributed by atoms with E-state index < -0.39 is 19.9 Å². The van der Waals surface area contributed by atoms with Crippen molar-refractivity contribution in [3.63, 3.8) is 0 Å². The number of aliphatic hydroxyl groups is 1. The molecule has 2 aromatic rings. The van der Waals surface area contributed by atoms with E-state index in [0.717, 1.165) is 11.8 Å². The monoisotopic (exact) mass is 423 g/mol. The molecule has 0 spiro atoms. The van der Waals surface area contributed by atoms with Crippen molar-refractivity contribution in [3.8, 4) is 0 Å². The minimum Gasteiger partial charge on any atom is -0.396 e. The Bertz CT molecular complexity index is 1010. The Morgan fingerprint density at radius 1 is 0.893 bits per heavy atom. The maximum Gasteiger partial charge on any atom is 0.243 e. The molecule has 1 aliphatic rings. The molecule has 0 atom stereocenters. The van der Waals surface area contributed by atoms with Crippen LogP contribution in [-0.4, -0.2) is 52.2 Å². The van der Waals surface area contributed by atoms with Crippen molar-refractivity contribution < 1.29 is 21.9 Å². The third-order valence-corrected chi connectivity index (χ3v) is 8.47. The first kappa shape index (κ1) is 21.0. The lowest BCUT2D eigenvalue weighted by atomic mass is 9.75. The molecular weight excluding hydrogens is 398 g/mol. The smallest absolute Gasteiger partial charge is 0.243 e. The summed E-state index contributed by atoms with van der Waals surface area (Å²) < 4.78 is 50.4. The quantitative estimate of drug-likeness (QED) is 0.768. The fourth-order valence-electron chi connectivity index (χ4n) is 3.63. The molecule has 0 amide bonds. The van der Waals surface area contributed by atoms with Gasteiger partial charge in [0.25, 0.3) is 0 Å². The van der Waals surface area contributed by atoms with Crippen LogP contribution in [0.2, 0.25) is 0 Å². The summed E-state index contributed by atoms with van der Waals surface area (Å²) in [6.45, 7) is 0.659. The fourth-order valence-corrected chi connectivity index (χ4v) is 5.70. The molecule has 0 aromatic heterocycles. The normalized spacial score (nSPS) is 18.1. The summed E-state index contributed by atoms with van der Waals surface area (Å²) in [5, 5.41) is 9.99. The highest BCUT2D eigenvalue weighted by Gasteiger charge is 2.38. The lowest BCUT2D eigenvalue weighted by Crippen LogP contribution is -2.45. The van der Waals surface area contributed by atoms with E-state index in [4.69, 9.17) is 0 Å². The Morgan fingerprint density at radius 3 is 1.93 bits per heavy atom. The molecule has 3 rings (SSSR count). The molecule has 6 nitrogen and oxygen atoms in total. The Balaban J connectivity index is 1.74. The van der Waals surface area contributed by atoms with Crippen molar-refractivity contribution in [3.05, 3.63) is 60.2 Å². The van der Waals surface area contributed by atoms with Gasteiger partial charge in [0.15, 0.2) is 9.84 Å². The molecular formula is C20H25NO5S2. The summed E-state index contributed by atoms with van der Waals surface area (Å²) in [6.07, 6.45) is 2.93. The predicted molar refractivity (Wildman–Crippen MR) is 107 cm³/mol. The second-order valence-electron chi connectivity index (χ2n) is 7.47. The zero-order chi connectivity index (χ0) is 20.4. The van der Waals surface area contributed by atoms with Crippen LogP contribution in [0.5, 0.6) is 0 Å². The largest absolute Gasteiger partial charge is 0.396 e. The van der Waals surface area contributed by atoms with Crippen LogP contribution in [0.15, 0.2) is 64.4 Å². The van der Waals surface area contributed by atoms with Gasteiger partial charge in [-0.05, 0) is 54.5 Å². The van der Waals surface area contributed by atoms with Gasteiger partial charge in [0.05, 0.1) is 9.79 Å². The number of hydrogen-bond acceptors (Lipinski definition) is 5. The van der Waals surface area contributed by atoms with Crippen LogP contribution in [0.4, 0.5) is 0 Å². The minimum absolute atomic E-state index is 0.0127. The average Bonchev–Trinajstić information content (AvgIpc) is 2.68. The molecule has 1 heterocycles. The summed E-state index contributed by atoms with van der Waals surface area (Å²) in [4.78, 5) is 0.173. The highest BCUT2D eigenvalue weighted by atomic mass is 32.2. The molecule has 1 saturated heterocycles. The van der Waals surface area contributed by atoms with Crippen molar-refractivity contribution in [2.75, 3.05) is 26.0 Å². The van der Waals surface area contributed by atoms with Gasteiger partial charge in [-0.2, -0.15) is 4.31 Å². The number of rotatable bonds is 6. The Morgan fingerprint density at radius 2 is 1.43 bits per heavy atom. The summed E-state index contributed by atoms with van der Waals surface area (Å²) >= 11 is 0. The first-order chi connectivity index (χ1) is 13.2. The summed E-state index contributed by atoms with van der Waals surface area (Å²) in [5.74, 6) is 0. The molecule has 0 saturated carbocycles. The van der Waals surface area contributed by atoms with Crippen LogP contribution in [0.1, 0.15) is 18.4 Å². The number of benzene rings is 2. The standard InChI is InChI=1S/C20H25NO5S2/c1-27(23,24)18-7-9-19(10-8-18)28(25,26)21-13-11-20(16-22,12-14-21)15-17-5-3-2-4-6-17/h2-10,22H,11-16H2,1H3. The summed E-state index contributed by atoms with van der Waals surface area (Å²) in [7, 11) is -7.07. The van der Waals surface area contributed by atoms with E-state index in [2.05, 4.69) is 0 Å². The second-order valence-corrected chi connectivity index (χ2v) is 11.4. The molecule has 28 heavy (non-hydrogen) atoms. The van der Waals surface area contributed by atoms with Crippen LogP contribution in [-0.2, 0) is 26.3 Å². The van der Waals surface area contributed by atoms with Crippen LogP contribution in [0.25, 0.3) is 0 Å². The third kappa shape index (κ3) is 4.46. The molecule has 1 fully saturated rings. The fraction of sp³-hybridized carbons (Fsp3) is 0.400. The van der Waals surface area contributed by atoms with Crippen molar-refractivity contribution >= 4 is 19.9 Å². The van der Waals surface area contributed by atoms with Gasteiger partial charge in [0.1, 0.15) is 0 Å². The van der Waals surface area contributed by atoms with E-state index in [0.29, 0.717) is 32.4 Å². The van der Waals surface area contributed by atoms with Crippen LogP contribution >= 0.6 is 0 Å². The van der Waals surface area contributed by atoms with Gasteiger partial charge in [-0.1, -0.05) is 30.3 Å². The summed E-state index contributed by atoms with van der Waals surface area (Å²) in [5.41, 5.74) is 0.803. The molecule has 1 aliphatic heterocycles. The van der Waals surface area contributed by atoms with Crippen molar-refractivity contribution in [2.24, 2.45) is 5.41 Å². The van der Waals surface area contributed by atoms with Gasteiger partial charge in [0, 0.05) is 26.0 Å². The first-order valence-electron chi connectivity index (χ1n) is 9.11. The van der Waals surface area contributed by atoms with E-state index >= 15 is 0 Å². The number of nitrogens with zero attached hydrogens (tertiary/aromatic N) is 1. The van der Waals surface area contributed by atoms with Crippen LogP contribution < -0.4 is 0 Å². The Hall–Kier alpha value is -1.74. The molecule has 152 valence electrons. The zero-order valence-corrected chi connectivity index (χ0v) is 17.4. The third-order valence-electron chi connectivity index (χ3n) is 5.43. The van der Waals surface area contributed by atoms with Gasteiger partial charge in [-0.25, -0.2) is 16.8 Å². The first-order valence-corrected chi connectivity index (χ1v) is 12.4. The lowest BCUT2D eigenvalue weighted by Gasteiger charge is -2.40. The predicted octanol–water partition coefficient (Wildman–Crippen LogP) is 2.10. The van der Waals surface area contributed by atoms with Crippen molar-refractivity contribution in [2.45, 2.75) is 29.1 Å². The Kier molecular flexibility index (Phi) is 5.95. The van der Waals surface area contributed by atoms with Gasteiger partial charge in [-0.3, -0.25) is 0 Å². The minimum atomic E-state index is -3.70. The van der Waals surface area contributed by atoms with E-state index in [-0.39, 0.29) is 21.8 Å². The van der Waals surface area contributed by atoms with Gasteiger partial charge in [0.2, 0.25) is 10.0 Å². The van der Waals surface area contributed by atoms with Gasteiger partial charge in [-0.15, -0.1) is 0 Å². The summed E-state index contributed by atoms with van der Waals surface area (Å²) in [6, 6.07) is 15.2. The van der Waals surface area contributed by atoms with Crippen molar-refractivity contribution in [1.82, 2.24) is 4.31 Å². The van der Waals surface area contributed by atoms with Crippen molar-refractivity contribution in [1.29, 1.82) is 0 Å². The van der Waals surface area contributed by atoms with E-state index in [1.54, 1.807) is 0 Å². The number of sulfonamides is 1. The molecule has 0 aliphatic carbocycles. The zero-order valence-electron chi connectivity index (χ0n) is 15.8. The van der Waals surface area contributed by atoms with Gasteiger partial charge < -0.3 is 5.11 Å². The maximum atomic E-state index is 12.9. The number of piperidine rings is 1. The number of hydrogen-bond donors (Lipinski definition) is 1. The molecule has 0 radical (unpaired) electrons. The highest BCUT2D eigenvalue weighted by Crippen LogP contribution is 2.36. The van der Waals surface area contributed by atoms with E-state index in [1.807, 2.05) is 30.3 Å². The SMILES string of the molecule is CS(=O)(=O)c1ccc(S(=O)(=O)N2CCC(CO)(Cc3ccccc3)CC2)cc1. The Labute approximate surface area is 166 Å². The molecule has 8 heteroatoms. The van der Waals surface area contributed by atoms with Gasteiger partial charge >= 0.3 is 0 Å². The molecule has 0 bridgehead atoms. The van der Waals surface area contributed by atoms with E-state index in [9.17, 15) is 21.9 Å². The van der Waals surface area contributed by atoms with Crippen LogP contribution in [0.3, 0.4) is 0 Å². The average molecular weight is 424 g/mol. The topological polar surface area (TPSA) is 91.8 Å². The molecule has 1 N–H and O–H groups in total. The molecule has 2 aromatic carbocycles. The number of aliphatic hydroxyl groups excluding tert-OH is 1. The highest BCUT2D eigenvalue weighted by molar-refractivity contribution is 7.90. The number of sulfone groups is 1. The second kappa shape index (κ2) is 7.94. The van der Waals surface area contributed by atoms with Crippen LogP contribution in [0, 0.1) is 5.41 Å². The van der Waals surface area contributed by atoms with E-state index in [1.165, 1.54) is 28.6 Å². The maximum absolute atomic E-state index is 12.9. The molecule has 0 unspecified atom stereocenters. The lowest BCUT2D eigenvalue weighted by molar-refractivity contribution is 0.0684.